The number of para-hydroxylation sites is 1. The third-order valence-electron chi connectivity index (χ3n) is 2.84. The summed E-state index contributed by atoms with van der Waals surface area (Å²) in [6, 6.07) is 9.51. The fraction of sp³-hybridized carbons (Fsp3) is 0.412. The number of carbonyl (C=O) groups excluding carboxylic acids is 1. The summed E-state index contributed by atoms with van der Waals surface area (Å²) in [6.45, 7) is 9.58. The zero-order valence-electron chi connectivity index (χ0n) is 14.2. The zero-order valence-corrected chi connectivity index (χ0v) is 15.0. The summed E-state index contributed by atoms with van der Waals surface area (Å²) in [5.41, 5.74) is 6.78. The van der Waals surface area contributed by atoms with Gasteiger partial charge in [-0.25, -0.2) is 9.48 Å². The number of rotatable bonds is 4. The lowest BCUT2D eigenvalue weighted by Gasteiger charge is -2.19. The Kier molecular flexibility index (Phi) is 5.04. The molecule has 0 spiro atoms. The van der Waals surface area contributed by atoms with Crippen molar-refractivity contribution < 1.29 is 9.53 Å². The number of ether oxygens (including phenoxy) is 1. The monoisotopic (exact) mass is 333 g/mol. The molecule has 0 amide bonds. The highest BCUT2D eigenvalue weighted by Crippen LogP contribution is 2.32. The molecule has 2 rings (SSSR count). The molecule has 1 aromatic carbocycles. The van der Waals surface area contributed by atoms with E-state index in [1.54, 1.807) is 4.68 Å². The van der Waals surface area contributed by atoms with E-state index in [1.807, 2.05) is 65.0 Å². The second-order valence-electron chi connectivity index (χ2n) is 6.48. The summed E-state index contributed by atoms with van der Waals surface area (Å²) < 4.78 is 7.08. The molecule has 0 aliphatic rings. The summed E-state index contributed by atoms with van der Waals surface area (Å²) in [6.07, 6.45) is 0. The Labute approximate surface area is 141 Å². The second kappa shape index (κ2) is 6.66. The lowest BCUT2D eigenvalue weighted by Crippen LogP contribution is -2.24. The van der Waals surface area contributed by atoms with Gasteiger partial charge < -0.3 is 10.5 Å². The molecule has 1 aromatic heterocycles. The van der Waals surface area contributed by atoms with Gasteiger partial charge in [0.2, 0.25) is 0 Å². The van der Waals surface area contributed by atoms with E-state index >= 15 is 0 Å². The quantitative estimate of drug-likeness (QED) is 0.678. The summed E-state index contributed by atoms with van der Waals surface area (Å²) in [5, 5.41) is 5.39. The molecule has 0 aliphatic heterocycles. The van der Waals surface area contributed by atoms with Crippen molar-refractivity contribution in [2.24, 2.45) is 0 Å². The molecule has 0 saturated heterocycles. The van der Waals surface area contributed by atoms with Gasteiger partial charge >= 0.3 is 5.97 Å². The van der Waals surface area contributed by atoms with Crippen LogP contribution in [0.15, 0.2) is 35.4 Å². The Morgan fingerprint density at radius 3 is 2.39 bits per heavy atom. The summed E-state index contributed by atoms with van der Waals surface area (Å²) >= 11 is 1.50. The maximum Gasteiger partial charge on any atom is 0.345 e. The number of esters is 1. The largest absolute Gasteiger partial charge is 0.456 e. The van der Waals surface area contributed by atoms with E-state index < -0.39 is 11.6 Å². The molecule has 1 heterocycles. The molecular weight excluding hydrogens is 310 g/mol. The number of aromatic nitrogens is 2. The van der Waals surface area contributed by atoms with Gasteiger partial charge in [0.15, 0.2) is 0 Å². The summed E-state index contributed by atoms with van der Waals surface area (Å²) in [5.74, 6) is -0.145. The number of carbonyl (C=O) groups is 1. The lowest BCUT2D eigenvalue weighted by molar-refractivity contribution is 0.00669. The van der Waals surface area contributed by atoms with Crippen LogP contribution < -0.4 is 5.73 Å². The van der Waals surface area contributed by atoms with Gasteiger partial charge in [0.25, 0.3) is 0 Å². The smallest absolute Gasteiger partial charge is 0.345 e. The van der Waals surface area contributed by atoms with Crippen LogP contribution in [0.5, 0.6) is 0 Å². The molecule has 23 heavy (non-hydrogen) atoms. The van der Waals surface area contributed by atoms with Gasteiger partial charge in [-0.3, -0.25) is 0 Å². The minimum absolute atomic E-state index is 0.273. The highest BCUT2D eigenvalue weighted by Gasteiger charge is 2.28. The maximum absolute atomic E-state index is 12.6. The number of hydrogen-bond acceptors (Lipinski definition) is 5. The van der Waals surface area contributed by atoms with E-state index in [0.29, 0.717) is 16.4 Å². The van der Waals surface area contributed by atoms with E-state index in [9.17, 15) is 4.79 Å². The first-order chi connectivity index (χ1) is 10.7. The zero-order chi connectivity index (χ0) is 17.2. The average Bonchev–Trinajstić information content (AvgIpc) is 2.73. The van der Waals surface area contributed by atoms with E-state index in [0.717, 1.165) is 5.69 Å². The van der Waals surface area contributed by atoms with Gasteiger partial charge in [0.1, 0.15) is 22.0 Å². The number of thioether (sulfide) groups is 1. The maximum atomic E-state index is 12.6. The molecule has 0 unspecified atom stereocenters. The van der Waals surface area contributed by atoms with Crippen LogP contribution in [-0.4, -0.2) is 26.6 Å². The number of hydrogen-bond donors (Lipinski definition) is 1. The van der Waals surface area contributed by atoms with E-state index in [1.165, 1.54) is 11.8 Å². The predicted molar refractivity (Wildman–Crippen MR) is 94.1 cm³/mol. The molecule has 2 N–H and O–H groups in total. The normalized spacial score (nSPS) is 11.7. The van der Waals surface area contributed by atoms with Gasteiger partial charge in [-0.05, 0) is 32.9 Å². The molecular formula is C17H23N3O2S. The van der Waals surface area contributed by atoms with Gasteiger partial charge in [0.05, 0.1) is 5.69 Å². The van der Waals surface area contributed by atoms with Crippen molar-refractivity contribution in [1.82, 2.24) is 9.78 Å². The molecule has 0 radical (unpaired) electrons. The van der Waals surface area contributed by atoms with E-state index in [2.05, 4.69) is 5.10 Å². The second-order valence-corrected chi connectivity index (χ2v) is 8.05. The van der Waals surface area contributed by atoms with Crippen molar-refractivity contribution >= 4 is 23.5 Å². The van der Waals surface area contributed by atoms with Gasteiger partial charge in [-0.1, -0.05) is 32.0 Å². The fourth-order valence-corrected chi connectivity index (χ4v) is 2.88. The first kappa shape index (κ1) is 17.4. The van der Waals surface area contributed by atoms with Crippen LogP contribution in [0.1, 0.15) is 45.0 Å². The van der Waals surface area contributed by atoms with Crippen LogP contribution in [0.2, 0.25) is 0 Å². The van der Waals surface area contributed by atoms with Crippen molar-refractivity contribution in [3.63, 3.8) is 0 Å². The molecule has 0 aliphatic carbocycles. The van der Waals surface area contributed by atoms with Crippen LogP contribution in [0.25, 0.3) is 5.69 Å². The molecule has 6 heteroatoms. The Morgan fingerprint density at radius 1 is 1.26 bits per heavy atom. The van der Waals surface area contributed by atoms with Crippen LogP contribution in [0.4, 0.5) is 5.82 Å². The molecule has 0 bridgehead atoms. The number of nitrogens with two attached hydrogens (primary N) is 1. The molecule has 0 saturated carbocycles. The minimum Gasteiger partial charge on any atom is -0.456 e. The molecule has 2 aromatic rings. The highest BCUT2D eigenvalue weighted by molar-refractivity contribution is 7.99. The minimum atomic E-state index is -0.585. The van der Waals surface area contributed by atoms with Crippen molar-refractivity contribution in [3.8, 4) is 5.69 Å². The number of nitrogens with zero attached hydrogens (tertiary/aromatic N) is 2. The molecule has 0 atom stereocenters. The highest BCUT2D eigenvalue weighted by atomic mass is 32.2. The fourth-order valence-electron chi connectivity index (χ4n) is 2.00. The van der Waals surface area contributed by atoms with Gasteiger partial charge in [-0.2, -0.15) is 5.10 Å². The van der Waals surface area contributed by atoms with Gasteiger partial charge in [-0.15, -0.1) is 11.8 Å². The Balaban J connectivity index is 2.51. The predicted octanol–water partition coefficient (Wildman–Crippen LogP) is 3.91. The SMILES string of the molecule is CC(C)Sc1nn(-c2ccccc2)c(N)c1C(=O)OC(C)(C)C. The molecule has 124 valence electrons. The Bertz CT molecular complexity index is 688. The van der Waals surface area contributed by atoms with E-state index in [4.69, 9.17) is 10.5 Å². The third-order valence-corrected chi connectivity index (χ3v) is 3.82. The van der Waals surface area contributed by atoms with Crippen molar-refractivity contribution in [2.45, 2.75) is 50.5 Å². The van der Waals surface area contributed by atoms with E-state index in [-0.39, 0.29) is 5.25 Å². The standard InChI is InChI=1S/C17H23N3O2S/c1-11(2)23-15-13(16(21)22-17(3,4)5)14(18)20(19-15)12-9-7-6-8-10-12/h6-11H,18H2,1-5H3. The first-order valence-corrected chi connectivity index (χ1v) is 8.41. The van der Waals surface area contributed by atoms with Crippen LogP contribution >= 0.6 is 11.8 Å². The van der Waals surface area contributed by atoms with Crippen molar-refractivity contribution in [1.29, 1.82) is 0 Å². The lowest BCUT2D eigenvalue weighted by atomic mass is 10.2. The first-order valence-electron chi connectivity index (χ1n) is 7.53. The van der Waals surface area contributed by atoms with Crippen LogP contribution in [0, 0.1) is 0 Å². The summed E-state index contributed by atoms with van der Waals surface area (Å²) in [7, 11) is 0. The van der Waals surface area contributed by atoms with Crippen LogP contribution in [0.3, 0.4) is 0 Å². The third kappa shape index (κ3) is 4.28. The van der Waals surface area contributed by atoms with Crippen molar-refractivity contribution in [3.05, 3.63) is 35.9 Å². The summed E-state index contributed by atoms with van der Waals surface area (Å²) in [4.78, 5) is 12.6. The number of benzene rings is 1. The molecule has 0 fully saturated rings. The van der Waals surface area contributed by atoms with Gasteiger partial charge in [0, 0.05) is 5.25 Å². The van der Waals surface area contributed by atoms with Crippen molar-refractivity contribution in [2.75, 3.05) is 5.73 Å². The molecule has 5 nitrogen and oxygen atoms in total. The Hall–Kier alpha value is -1.95. The van der Waals surface area contributed by atoms with Crippen LogP contribution in [-0.2, 0) is 4.74 Å². The number of anilines is 1. The topological polar surface area (TPSA) is 70.1 Å². The average molecular weight is 333 g/mol. The number of nitrogen functional groups attached to an aromatic ring is 1. The Morgan fingerprint density at radius 2 is 1.87 bits per heavy atom.